The number of carboxylic acids is 1. The number of carbonyl (C=O) groups is 1. The van der Waals surface area contributed by atoms with E-state index in [1.807, 2.05) is 6.92 Å². The molecule has 1 unspecified atom stereocenters. The molecular weight excluding hydrogens is 213 g/mol. The van der Waals surface area contributed by atoms with Crippen molar-refractivity contribution in [3.05, 3.63) is 29.1 Å². The van der Waals surface area contributed by atoms with Crippen LogP contribution in [0.3, 0.4) is 0 Å². The summed E-state index contributed by atoms with van der Waals surface area (Å²) in [5.74, 6) is -3.13. The van der Waals surface area contributed by atoms with E-state index in [0.29, 0.717) is 18.5 Å². The first-order valence-electron chi connectivity index (χ1n) is 4.93. The SMILES string of the molecule is CC(CCN)c1cc(F)c(O)c(C(=O)O)c1. The second kappa shape index (κ2) is 4.94. The first kappa shape index (κ1) is 12.4. The maximum absolute atomic E-state index is 13.3. The Kier molecular flexibility index (Phi) is 3.84. The molecule has 0 aliphatic carbocycles. The standard InChI is InChI=1S/C11H14FNO3/c1-6(2-3-13)7-4-8(11(15)16)10(14)9(12)5-7/h4-6,14H,2-3,13H2,1H3,(H,15,16). The molecule has 0 aliphatic heterocycles. The number of hydrogen-bond acceptors (Lipinski definition) is 3. The van der Waals surface area contributed by atoms with Gasteiger partial charge in [-0.1, -0.05) is 6.92 Å². The lowest BCUT2D eigenvalue weighted by molar-refractivity contribution is 0.0692. The Hall–Kier alpha value is -1.62. The third-order valence-electron chi connectivity index (χ3n) is 2.48. The highest BCUT2D eigenvalue weighted by molar-refractivity contribution is 5.91. The van der Waals surface area contributed by atoms with Crippen LogP contribution in [0.2, 0.25) is 0 Å². The Bertz CT molecular complexity index is 406. The number of halogens is 1. The molecule has 0 saturated carbocycles. The van der Waals surface area contributed by atoms with E-state index < -0.39 is 23.1 Å². The molecule has 1 aromatic carbocycles. The summed E-state index contributed by atoms with van der Waals surface area (Å²) >= 11 is 0. The molecule has 0 spiro atoms. The van der Waals surface area contributed by atoms with Gasteiger partial charge in [0.1, 0.15) is 5.56 Å². The van der Waals surface area contributed by atoms with E-state index in [4.69, 9.17) is 10.8 Å². The number of nitrogens with two attached hydrogens (primary N) is 1. The number of hydrogen-bond donors (Lipinski definition) is 3. The van der Waals surface area contributed by atoms with Crippen molar-refractivity contribution in [3.8, 4) is 5.75 Å². The summed E-state index contributed by atoms with van der Waals surface area (Å²) in [5.41, 5.74) is 5.48. The van der Waals surface area contributed by atoms with Crippen molar-refractivity contribution in [3.63, 3.8) is 0 Å². The van der Waals surface area contributed by atoms with Gasteiger partial charge in [-0.25, -0.2) is 9.18 Å². The highest BCUT2D eigenvalue weighted by Gasteiger charge is 2.17. The zero-order chi connectivity index (χ0) is 12.3. The molecule has 0 bridgehead atoms. The van der Waals surface area contributed by atoms with Crippen molar-refractivity contribution in [2.24, 2.45) is 5.73 Å². The van der Waals surface area contributed by atoms with E-state index in [2.05, 4.69) is 0 Å². The maximum Gasteiger partial charge on any atom is 0.339 e. The number of benzene rings is 1. The van der Waals surface area contributed by atoms with Crippen molar-refractivity contribution in [1.82, 2.24) is 0 Å². The van der Waals surface area contributed by atoms with E-state index in [0.717, 1.165) is 6.07 Å². The van der Waals surface area contributed by atoms with Crippen LogP contribution in [-0.2, 0) is 0 Å². The summed E-state index contributed by atoms with van der Waals surface area (Å²) in [4.78, 5) is 10.8. The number of rotatable bonds is 4. The summed E-state index contributed by atoms with van der Waals surface area (Å²) in [5, 5.41) is 18.0. The minimum absolute atomic E-state index is 0.0433. The molecule has 1 aromatic rings. The van der Waals surface area contributed by atoms with Crippen LogP contribution in [-0.4, -0.2) is 22.7 Å². The predicted octanol–water partition coefficient (Wildman–Crippen LogP) is 1.68. The molecule has 1 rings (SSSR count). The van der Waals surface area contributed by atoms with Gasteiger partial charge in [-0.3, -0.25) is 0 Å². The van der Waals surface area contributed by atoms with Crippen LogP contribution in [0.1, 0.15) is 35.2 Å². The van der Waals surface area contributed by atoms with Crippen molar-refractivity contribution in [2.45, 2.75) is 19.3 Å². The Morgan fingerprint density at radius 3 is 2.69 bits per heavy atom. The van der Waals surface area contributed by atoms with Crippen LogP contribution in [0.5, 0.6) is 5.75 Å². The molecule has 0 amide bonds. The van der Waals surface area contributed by atoms with Gasteiger partial charge >= 0.3 is 5.97 Å². The molecule has 0 heterocycles. The van der Waals surface area contributed by atoms with Crippen LogP contribution < -0.4 is 5.73 Å². The normalized spacial score (nSPS) is 12.4. The molecule has 0 saturated heterocycles. The summed E-state index contributed by atoms with van der Waals surface area (Å²) in [6.07, 6.45) is 0.628. The highest BCUT2D eigenvalue weighted by atomic mass is 19.1. The van der Waals surface area contributed by atoms with E-state index >= 15 is 0 Å². The molecule has 0 fully saturated rings. The zero-order valence-electron chi connectivity index (χ0n) is 8.90. The number of aromatic hydroxyl groups is 1. The number of aromatic carboxylic acids is 1. The van der Waals surface area contributed by atoms with Crippen molar-refractivity contribution in [1.29, 1.82) is 0 Å². The molecule has 0 aromatic heterocycles. The lowest BCUT2D eigenvalue weighted by atomic mass is 9.95. The van der Waals surface area contributed by atoms with Gasteiger partial charge in [0.15, 0.2) is 11.6 Å². The predicted molar refractivity (Wildman–Crippen MR) is 57.1 cm³/mol. The Balaban J connectivity index is 3.18. The highest BCUT2D eigenvalue weighted by Crippen LogP contribution is 2.28. The van der Waals surface area contributed by atoms with Gasteiger partial charge in [0.05, 0.1) is 0 Å². The average molecular weight is 227 g/mol. The van der Waals surface area contributed by atoms with Gasteiger partial charge < -0.3 is 15.9 Å². The van der Waals surface area contributed by atoms with E-state index in [1.54, 1.807) is 0 Å². The molecule has 0 aliphatic rings. The molecule has 0 radical (unpaired) electrons. The Morgan fingerprint density at radius 2 is 2.19 bits per heavy atom. The number of phenols is 1. The third kappa shape index (κ3) is 2.49. The summed E-state index contributed by atoms with van der Waals surface area (Å²) in [6, 6.07) is 2.42. The maximum atomic E-state index is 13.3. The van der Waals surface area contributed by atoms with Gasteiger partial charge in [-0.05, 0) is 36.6 Å². The second-order valence-electron chi connectivity index (χ2n) is 3.68. The monoisotopic (exact) mass is 227 g/mol. The van der Waals surface area contributed by atoms with Crippen molar-refractivity contribution in [2.75, 3.05) is 6.54 Å². The largest absolute Gasteiger partial charge is 0.504 e. The van der Waals surface area contributed by atoms with Crippen LogP contribution in [0.25, 0.3) is 0 Å². The van der Waals surface area contributed by atoms with Crippen LogP contribution in [0.15, 0.2) is 12.1 Å². The molecule has 4 nitrogen and oxygen atoms in total. The first-order chi connectivity index (χ1) is 7.47. The fraction of sp³-hybridized carbons (Fsp3) is 0.364. The van der Waals surface area contributed by atoms with Crippen LogP contribution in [0, 0.1) is 5.82 Å². The van der Waals surface area contributed by atoms with Gasteiger partial charge in [0, 0.05) is 0 Å². The van der Waals surface area contributed by atoms with E-state index in [1.165, 1.54) is 6.07 Å². The fourth-order valence-electron chi connectivity index (χ4n) is 1.48. The fourth-order valence-corrected chi connectivity index (χ4v) is 1.48. The van der Waals surface area contributed by atoms with Crippen LogP contribution in [0.4, 0.5) is 4.39 Å². The van der Waals surface area contributed by atoms with E-state index in [9.17, 15) is 14.3 Å². The quantitative estimate of drug-likeness (QED) is 0.730. The van der Waals surface area contributed by atoms with Gasteiger partial charge in [0.2, 0.25) is 0 Å². The van der Waals surface area contributed by atoms with Gasteiger partial charge in [0.25, 0.3) is 0 Å². The molecule has 88 valence electrons. The minimum Gasteiger partial charge on any atom is -0.504 e. The summed E-state index contributed by atoms with van der Waals surface area (Å²) in [6.45, 7) is 2.26. The molecule has 1 atom stereocenters. The second-order valence-corrected chi connectivity index (χ2v) is 3.68. The van der Waals surface area contributed by atoms with Crippen molar-refractivity contribution < 1.29 is 19.4 Å². The zero-order valence-corrected chi connectivity index (χ0v) is 8.90. The lowest BCUT2D eigenvalue weighted by Gasteiger charge is -2.12. The lowest BCUT2D eigenvalue weighted by Crippen LogP contribution is -2.07. The molecular formula is C11H14FNO3. The smallest absolute Gasteiger partial charge is 0.339 e. The molecule has 16 heavy (non-hydrogen) atoms. The molecule has 4 N–H and O–H groups in total. The van der Waals surface area contributed by atoms with Gasteiger partial charge in [-0.15, -0.1) is 0 Å². The third-order valence-corrected chi connectivity index (χ3v) is 2.48. The number of carboxylic acid groups (broad SMARTS) is 1. The van der Waals surface area contributed by atoms with Crippen LogP contribution >= 0.6 is 0 Å². The Morgan fingerprint density at radius 1 is 1.56 bits per heavy atom. The Labute approximate surface area is 92.5 Å². The van der Waals surface area contributed by atoms with Crippen molar-refractivity contribution >= 4 is 5.97 Å². The van der Waals surface area contributed by atoms with Gasteiger partial charge in [-0.2, -0.15) is 0 Å². The topological polar surface area (TPSA) is 83.5 Å². The molecule has 5 heteroatoms. The van der Waals surface area contributed by atoms with E-state index in [-0.39, 0.29) is 5.92 Å². The average Bonchev–Trinajstić information content (AvgIpc) is 2.21. The first-order valence-corrected chi connectivity index (χ1v) is 4.93. The minimum atomic E-state index is -1.35. The summed E-state index contributed by atoms with van der Waals surface area (Å²) in [7, 11) is 0. The summed E-state index contributed by atoms with van der Waals surface area (Å²) < 4.78 is 13.3.